The van der Waals surface area contributed by atoms with Crippen LogP contribution in [0.1, 0.15) is 36.6 Å². The molecular weight excluding hydrogens is 328 g/mol. The second-order valence-corrected chi connectivity index (χ2v) is 6.34. The molecule has 4 heteroatoms. The van der Waals surface area contributed by atoms with Crippen LogP contribution in [-0.2, 0) is 6.54 Å². The lowest BCUT2D eigenvalue weighted by atomic mass is 10.0. The molecule has 0 atom stereocenters. The predicted molar refractivity (Wildman–Crippen MR) is 90.0 cm³/mol. The third-order valence-electron chi connectivity index (χ3n) is 3.18. The summed E-state index contributed by atoms with van der Waals surface area (Å²) in [6.45, 7) is 7.10. The Hall–Kier alpha value is -1.39. The zero-order valence-electron chi connectivity index (χ0n) is 12.9. The molecule has 2 aromatic rings. The van der Waals surface area contributed by atoms with Gasteiger partial charge in [0.15, 0.2) is 0 Å². The SMILES string of the molecule is CNCc1cc(C)nc(Oc2ccc(Br)cc2C(C)C)c1. The van der Waals surface area contributed by atoms with Crippen LogP contribution in [0.5, 0.6) is 11.6 Å². The van der Waals surface area contributed by atoms with Crippen molar-refractivity contribution in [2.45, 2.75) is 33.2 Å². The van der Waals surface area contributed by atoms with Gasteiger partial charge in [-0.1, -0.05) is 29.8 Å². The maximum absolute atomic E-state index is 6.03. The summed E-state index contributed by atoms with van der Waals surface area (Å²) in [7, 11) is 1.93. The largest absolute Gasteiger partial charge is 0.439 e. The van der Waals surface area contributed by atoms with Crippen LogP contribution in [0.2, 0.25) is 0 Å². The van der Waals surface area contributed by atoms with Crippen LogP contribution >= 0.6 is 15.9 Å². The Kier molecular flexibility index (Phi) is 5.37. The number of pyridine rings is 1. The highest BCUT2D eigenvalue weighted by Gasteiger charge is 2.11. The maximum atomic E-state index is 6.03. The summed E-state index contributed by atoms with van der Waals surface area (Å²) in [6.07, 6.45) is 0. The van der Waals surface area contributed by atoms with E-state index in [0.29, 0.717) is 11.8 Å². The molecule has 0 aliphatic carbocycles. The van der Waals surface area contributed by atoms with Gasteiger partial charge in [-0.3, -0.25) is 0 Å². The summed E-state index contributed by atoms with van der Waals surface area (Å²) >= 11 is 3.51. The molecule has 0 radical (unpaired) electrons. The molecule has 1 N–H and O–H groups in total. The van der Waals surface area contributed by atoms with E-state index in [4.69, 9.17) is 4.74 Å². The predicted octanol–water partition coefficient (Wildman–Crippen LogP) is 4.79. The van der Waals surface area contributed by atoms with Crippen molar-refractivity contribution >= 4 is 15.9 Å². The number of nitrogens with zero attached hydrogens (tertiary/aromatic N) is 1. The number of aromatic nitrogens is 1. The van der Waals surface area contributed by atoms with Gasteiger partial charge in [0.05, 0.1) is 0 Å². The van der Waals surface area contributed by atoms with Crippen molar-refractivity contribution in [1.82, 2.24) is 10.3 Å². The van der Waals surface area contributed by atoms with E-state index in [1.807, 2.05) is 32.2 Å². The lowest BCUT2D eigenvalue weighted by molar-refractivity contribution is 0.452. The zero-order valence-corrected chi connectivity index (χ0v) is 14.5. The fraction of sp³-hybridized carbons (Fsp3) is 0.353. The molecule has 21 heavy (non-hydrogen) atoms. The number of halogens is 1. The summed E-state index contributed by atoms with van der Waals surface area (Å²) < 4.78 is 7.10. The number of hydrogen-bond donors (Lipinski definition) is 1. The number of benzene rings is 1. The number of rotatable bonds is 5. The van der Waals surface area contributed by atoms with E-state index < -0.39 is 0 Å². The van der Waals surface area contributed by atoms with Gasteiger partial charge in [-0.25, -0.2) is 4.98 Å². The first-order chi connectivity index (χ1) is 9.99. The summed E-state index contributed by atoms with van der Waals surface area (Å²) in [4.78, 5) is 4.47. The van der Waals surface area contributed by atoms with Gasteiger partial charge in [0.25, 0.3) is 0 Å². The van der Waals surface area contributed by atoms with Crippen LogP contribution in [0.15, 0.2) is 34.8 Å². The van der Waals surface area contributed by atoms with E-state index in [0.717, 1.165) is 22.5 Å². The van der Waals surface area contributed by atoms with Crippen LogP contribution in [0.3, 0.4) is 0 Å². The summed E-state index contributed by atoms with van der Waals surface area (Å²) in [5, 5.41) is 3.15. The Morgan fingerprint density at radius 2 is 2.00 bits per heavy atom. The minimum atomic E-state index is 0.388. The van der Waals surface area contributed by atoms with Crippen LogP contribution in [-0.4, -0.2) is 12.0 Å². The van der Waals surface area contributed by atoms with Crippen LogP contribution in [0, 0.1) is 6.92 Å². The number of hydrogen-bond acceptors (Lipinski definition) is 3. The standard InChI is InChI=1S/C17H21BrN2O/c1-11(2)15-9-14(18)5-6-16(15)21-17-8-13(10-19-4)7-12(3)20-17/h5-9,11,19H,10H2,1-4H3. The van der Waals surface area contributed by atoms with Crippen molar-refractivity contribution in [1.29, 1.82) is 0 Å². The van der Waals surface area contributed by atoms with Crippen molar-refractivity contribution < 1.29 is 4.74 Å². The molecule has 0 bridgehead atoms. The Morgan fingerprint density at radius 3 is 2.67 bits per heavy atom. The Bertz CT molecular complexity index is 626. The van der Waals surface area contributed by atoms with Gasteiger partial charge >= 0.3 is 0 Å². The lowest BCUT2D eigenvalue weighted by Gasteiger charge is -2.14. The molecule has 0 saturated heterocycles. The van der Waals surface area contributed by atoms with Crippen molar-refractivity contribution in [2.24, 2.45) is 0 Å². The minimum Gasteiger partial charge on any atom is -0.439 e. The van der Waals surface area contributed by atoms with Crippen molar-refractivity contribution in [3.05, 3.63) is 51.6 Å². The van der Waals surface area contributed by atoms with Crippen LogP contribution in [0.4, 0.5) is 0 Å². The zero-order chi connectivity index (χ0) is 15.4. The fourth-order valence-electron chi connectivity index (χ4n) is 2.24. The van der Waals surface area contributed by atoms with Crippen molar-refractivity contribution in [3.8, 4) is 11.6 Å². The first-order valence-corrected chi connectivity index (χ1v) is 7.88. The van der Waals surface area contributed by atoms with Crippen molar-refractivity contribution in [3.63, 3.8) is 0 Å². The van der Waals surface area contributed by atoms with E-state index in [9.17, 15) is 0 Å². The smallest absolute Gasteiger partial charge is 0.219 e. The van der Waals surface area contributed by atoms with E-state index in [-0.39, 0.29) is 0 Å². The molecule has 2 rings (SSSR count). The molecule has 1 heterocycles. The molecule has 112 valence electrons. The van der Waals surface area contributed by atoms with E-state index in [1.54, 1.807) is 0 Å². The Labute approximate surface area is 134 Å². The fourth-order valence-corrected chi connectivity index (χ4v) is 2.62. The quantitative estimate of drug-likeness (QED) is 0.843. The van der Waals surface area contributed by atoms with Gasteiger partial charge in [-0.2, -0.15) is 0 Å². The third-order valence-corrected chi connectivity index (χ3v) is 3.67. The molecule has 0 aliphatic rings. The molecule has 0 unspecified atom stereocenters. The lowest BCUT2D eigenvalue weighted by Crippen LogP contribution is -2.06. The highest BCUT2D eigenvalue weighted by molar-refractivity contribution is 9.10. The average Bonchev–Trinajstić information content (AvgIpc) is 2.40. The van der Waals surface area contributed by atoms with Gasteiger partial charge < -0.3 is 10.1 Å². The van der Waals surface area contributed by atoms with Crippen molar-refractivity contribution in [2.75, 3.05) is 7.05 Å². The minimum absolute atomic E-state index is 0.388. The topological polar surface area (TPSA) is 34.2 Å². The second kappa shape index (κ2) is 7.05. The van der Waals surface area contributed by atoms with Gasteiger partial charge in [0, 0.05) is 22.8 Å². The average molecular weight is 349 g/mol. The molecule has 0 aliphatic heterocycles. The summed E-state index contributed by atoms with van der Waals surface area (Å²) in [6, 6.07) is 10.1. The monoisotopic (exact) mass is 348 g/mol. The highest BCUT2D eigenvalue weighted by atomic mass is 79.9. The Balaban J connectivity index is 2.33. The number of aryl methyl sites for hydroxylation is 1. The summed E-state index contributed by atoms with van der Waals surface area (Å²) in [5.41, 5.74) is 3.30. The second-order valence-electron chi connectivity index (χ2n) is 5.42. The first-order valence-electron chi connectivity index (χ1n) is 7.09. The molecule has 3 nitrogen and oxygen atoms in total. The van der Waals surface area contributed by atoms with Gasteiger partial charge in [0.2, 0.25) is 5.88 Å². The van der Waals surface area contributed by atoms with Gasteiger partial charge in [-0.05, 0) is 55.3 Å². The van der Waals surface area contributed by atoms with Crippen LogP contribution in [0.25, 0.3) is 0 Å². The van der Waals surface area contributed by atoms with Crippen LogP contribution < -0.4 is 10.1 Å². The van der Waals surface area contributed by atoms with E-state index in [1.165, 1.54) is 11.1 Å². The van der Waals surface area contributed by atoms with Gasteiger partial charge in [0.1, 0.15) is 5.75 Å². The molecule has 1 aromatic carbocycles. The van der Waals surface area contributed by atoms with E-state index in [2.05, 4.69) is 52.2 Å². The van der Waals surface area contributed by atoms with E-state index >= 15 is 0 Å². The first kappa shape index (κ1) is 16.0. The molecule has 0 saturated carbocycles. The molecule has 1 aromatic heterocycles. The molecule has 0 spiro atoms. The maximum Gasteiger partial charge on any atom is 0.219 e. The summed E-state index contributed by atoms with van der Waals surface area (Å²) in [5.74, 6) is 1.89. The molecule has 0 amide bonds. The highest BCUT2D eigenvalue weighted by Crippen LogP contribution is 2.32. The molecule has 0 fully saturated rings. The van der Waals surface area contributed by atoms with Gasteiger partial charge in [-0.15, -0.1) is 0 Å². The number of ether oxygens (including phenoxy) is 1. The normalized spacial score (nSPS) is 11.0. The third kappa shape index (κ3) is 4.29. The molecular formula is C17H21BrN2O. The number of nitrogens with one attached hydrogen (secondary N) is 1. The Morgan fingerprint density at radius 1 is 1.24 bits per heavy atom.